The highest BCUT2D eigenvalue weighted by Gasteiger charge is 2.21. The zero-order valence-electron chi connectivity index (χ0n) is 12.6. The fourth-order valence-corrected chi connectivity index (χ4v) is 1.89. The molecule has 1 heterocycles. The largest absolute Gasteiger partial charge is 0.490 e. The number of aromatic nitrogens is 2. The van der Waals surface area contributed by atoms with Gasteiger partial charge in [0.15, 0.2) is 5.75 Å². The molecule has 2 rings (SSSR count). The molecule has 20 heavy (non-hydrogen) atoms. The molecule has 0 atom stereocenters. The van der Waals surface area contributed by atoms with Crippen molar-refractivity contribution in [2.45, 2.75) is 58.0 Å². The fourth-order valence-electron chi connectivity index (χ4n) is 1.89. The molecule has 1 aromatic heterocycles. The predicted molar refractivity (Wildman–Crippen MR) is 80.9 cm³/mol. The van der Waals surface area contributed by atoms with E-state index in [1.54, 1.807) is 0 Å². The van der Waals surface area contributed by atoms with Crippen molar-refractivity contribution >= 4 is 0 Å². The molecule has 0 radical (unpaired) electrons. The molecule has 4 heteroatoms. The van der Waals surface area contributed by atoms with Crippen molar-refractivity contribution in [2.24, 2.45) is 0 Å². The summed E-state index contributed by atoms with van der Waals surface area (Å²) in [6.45, 7) is 9.39. The highest BCUT2D eigenvalue weighted by Crippen LogP contribution is 2.22. The normalized spacial score (nSPS) is 14.6. The Balaban J connectivity index is 2.00. The second-order valence-electron chi connectivity index (χ2n) is 5.63. The Labute approximate surface area is 121 Å². The van der Waals surface area contributed by atoms with E-state index in [2.05, 4.69) is 35.7 Å². The minimum atomic E-state index is 0.337. The van der Waals surface area contributed by atoms with E-state index in [-0.39, 0.29) is 0 Å². The molecule has 0 unspecified atom stereocenters. The van der Waals surface area contributed by atoms with Crippen LogP contribution in [0.4, 0.5) is 0 Å². The predicted octanol–water partition coefficient (Wildman–Crippen LogP) is 3.20. The molecule has 1 aliphatic carbocycles. The summed E-state index contributed by atoms with van der Waals surface area (Å²) < 4.78 is 5.81. The summed E-state index contributed by atoms with van der Waals surface area (Å²) in [5.41, 5.74) is 0.981. The average Bonchev–Trinajstić information content (AvgIpc) is 3.26. The van der Waals surface area contributed by atoms with Crippen LogP contribution in [-0.4, -0.2) is 22.6 Å². The quantitative estimate of drug-likeness (QED) is 0.555. The minimum absolute atomic E-state index is 0.337. The van der Waals surface area contributed by atoms with Gasteiger partial charge in [0.1, 0.15) is 5.82 Å². The number of nitrogens with zero attached hydrogens (tertiary/aromatic N) is 2. The number of unbranched alkanes of at least 4 members (excludes halogenated alkanes) is 1. The third-order valence-corrected chi connectivity index (χ3v) is 3.31. The molecule has 0 amide bonds. The van der Waals surface area contributed by atoms with Crippen LogP contribution in [0.1, 0.15) is 57.0 Å². The molecule has 0 spiro atoms. The second-order valence-corrected chi connectivity index (χ2v) is 5.63. The van der Waals surface area contributed by atoms with Gasteiger partial charge in [0.2, 0.25) is 0 Å². The summed E-state index contributed by atoms with van der Waals surface area (Å²) in [4.78, 5) is 9.05. The van der Waals surface area contributed by atoms with Crippen LogP contribution in [-0.2, 0) is 6.54 Å². The Morgan fingerprint density at radius 2 is 2.30 bits per heavy atom. The third-order valence-electron chi connectivity index (χ3n) is 3.31. The topological polar surface area (TPSA) is 47.0 Å². The lowest BCUT2D eigenvalue weighted by atomic mass is 10.2. The fraction of sp³-hybridized carbons (Fsp3) is 0.625. The number of ether oxygens (including phenoxy) is 1. The first-order valence-electron chi connectivity index (χ1n) is 7.53. The van der Waals surface area contributed by atoms with Gasteiger partial charge < -0.3 is 10.1 Å². The van der Waals surface area contributed by atoms with E-state index in [1.165, 1.54) is 12.8 Å². The third kappa shape index (κ3) is 4.60. The minimum Gasteiger partial charge on any atom is -0.490 e. The van der Waals surface area contributed by atoms with Crippen molar-refractivity contribution in [3.05, 3.63) is 30.4 Å². The molecule has 1 saturated carbocycles. The maximum absolute atomic E-state index is 5.81. The molecule has 1 N–H and O–H groups in total. The first kappa shape index (κ1) is 15.0. The van der Waals surface area contributed by atoms with Gasteiger partial charge in [-0.2, -0.15) is 0 Å². The van der Waals surface area contributed by atoms with Gasteiger partial charge in [-0.05, 0) is 25.7 Å². The van der Waals surface area contributed by atoms with Crippen molar-refractivity contribution in [1.82, 2.24) is 15.3 Å². The Kier molecular flexibility index (Phi) is 5.53. The molecular formula is C16H25N3O. The van der Waals surface area contributed by atoms with Crippen molar-refractivity contribution in [2.75, 3.05) is 6.61 Å². The van der Waals surface area contributed by atoms with Crippen LogP contribution in [0.15, 0.2) is 18.9 Å². The Morgan fingerprint density at radius 3 is 2.95 bits per heavy atom. The Hall–Kier alpha value is -1.42. The van der Waals surface area contributed by atoms with E-state index in [1.807, 2.05) is 12.3 Å². The summed E-state index contributed by atoms with van der Waals surface area (Å²) >= 11 is 0. The van der Waals surface area contributed by atoms with E-state index in [4.69, 9.17) is 4.74 Å². The number of allylic oxidation sites excluding steroid dienone is 1. The summed E-state index contributed by atoms with van der Waals surface area (Å²) in [5, 5.41) is 3.49. The number of rotatable bonds is 9. The van der Waals surface area contributed by atoms with Crippen LogP contribution in [0.25, 0.3) is 0 Å². The Bertz CT molecular complexity index is 441. The maximum atomic E-state index is 5.81. The van der Waals surface area contributed by atoms with Gasteiger partial charge in [-0.15, -0.1) is 6.58 Å². The zero-order valence-corrected chi connectivity index (χ0v) is 12.6. The van der Waals surface area contributed by atoms with Gasteiger partial charge >= 0.3 is 0 Å². The molecule has 0 bridgehead atoms. The van der Waals surface area contributed by atoms with Crippen molar-refractivity contribution in [3.8, 4) is 5.75 Å². The van der Waals surface area contributed by atoms with Gasteiger partial charge in [0.25, 0.3) is 0 Å². The van der Waals surface area contributed by atoms with Gasteiger partial charge in [-0.3, -0.25) is 0 Å². The van der Waals surface area contributed by atoms with Gasteiger partial charge in [-0.1, -0.05) is 19.9 Å². The molecule has 0 aromatic carbocycles. The standard InChI is InChI=1S/C16H25N3O/c1-4-5-6-9-20-15-11-18-16(12(2)3)19-14(15)10-17-13-7-8-13/h4,11-13,17H,1,5-10H2,2-3H3. The number of nitrogens with one attached hydrogen (secondary N) is 1. The van der Waals surface area contributed by atoms with Crippen LogP contribution in [0.2, 0.25) is 0 Å². The monoisotopic (exact) mass is 275 g/mol. The first-order chi connectivity index (χ1) is 9.70. The van der Waals surface area contributed by atoms with E-state index in [0.717, 1.165) is 36.7 Å². The van der Waals surface area contributed by atoms with Crippen LogP contribution in [0, 0.1) is 0 Å². The van der Waals surface area contributed by atoms with Crippen LogP contribution >= 0.6 is 0 Å². The Morgan fingerprint density at radius 1 is 1.50 bits per heavy atom. The number of hydrogen-bond acceptors (Lipinski definition) is 4. The van der Waals surface area contributed by atoms with Crippen LogP contribution < -0.4 is 10.1 Å². The van der Waals surface area contributed by atoms with Crippen molar-refractivity contribution < 1.29 is 4.74 Å². The summed E-state index contributed by atoms with van der Waals surface area (Å²) in [6.07, 6.45) is 8.23. The van der Waals surface area contributed by atoms with Gasteiger partial charge in [-0.25, -0.2) is 9.97 Å². The van der Waals surface area contributed by atoms with Crippen molar-refractivity contribution in [3.63, 3.8) is 0 Å². The first-order valence-corrected chi connectivity index (χ1v) is 7.53. The molecule has 1 aromatic rings. The lowest BCUT2D eigenvalue weighted by molar-refractivity contribution is 0.304. The lowest BCUT2D eigenvalue weighted by Crippen LogP contribution is -2.18. The molecule has 0 saturated heterocycles. The van der Waals surface area contributed by atoms with E-state index >= 15 is 0 Å². The van der Waals surface area contributed by atoms with E-state index < -0.39 is 0 Å². The highest BCUT2D eigenvalue weighted by molar-refractivity contribution is 5.25. The number of hydrogen-bond donors (Lipinski definition) is 1. The summed E-state index contributed by atoms with van der Waals surface area (Å²) in [6, 6.07) is 0.668. The molecule has 1 aliphatic rings. The van der Waals surface area contributed by atoms with Crippen LogP contribution in [0.5, 0.6) is 5.75 Å². The van der Waals surface area contributed by atoms with E-state index in [9.17, 15) is 0 Å². The van der Waals surface area contributed by atoms with Crippen LogP contribution in [0.3, 0.4) is 0 Å². The molecule has 4 nitrogen and oxygen atoms in total. The smallest absolute Gasteiger partial charge is 0.160 e. The molecule has 110 valence electrons. The maximum Gasteiger partial charge on any atom is 0.160 e. The second kappa shape index (κ2) is 7.39. The lowest BCUT2D eigenvalue weighted by Gasteiger charge is -2.13. The van der Waals surface area contributed by atoms with Gasteiger partial charge in [0, 0.05) is 18.5 Å². The summed E-state index contributed by atoms with van der Waals surface area (Å²) in [5.74, 6) is 2.03. The zero-order chi connectivity index (χ0) is 14.4. The molecule has 1 fully saturated rings. The molecule has 0 aliphatic heterocycles. The summed E-state index contributed by atoms with van der Waals surface area (Å²) in [7, 11) is 0. The average molecular weight is 275 g/mol. The van der Waals surface area contributed by atoms with Gasteiger partial charge in [0.05, 0.1) is 18.5 Å². The van der Waals surface area contributed by atoms with E-state index in [0.29, 0.717) is 18.6 Å². The SMILES string of the molecule is C=CCCCOc1cnc(C(C)C)nc1CNC1CC1. The highest BCUT2D eigenvalue weighted by atomic mass is 16.5. The van der Waals surface area contributed by atoms with Crippen molar-refractivity contribution in [1.29, 1.82) is 0 Å². The molecular weight excluding hydrogens is 250 g/mol.